The van der Waals surface area contributed by atoms with Gasteiger partial charge in [0.1, 0.15) is 6.54 Å². The molecule has 0 aliphatic heterocycles. The summed E-state index contributed by atoms with van der Waals surface area (Å²) in [6.07, 6.45) is 1.66. The second-order valence-electron chi connectivity index (χ2n) is 5.84. The summed E-state index contributed by atoms with van der Waals surface area (Å²) in [5.41, 5.74) is 2.72. The Labute approximate surface area is 152 Å². The third kappa shape index (κ3) is 4.36. The molecule has 3 aromatic rings. The quantitative estimate of drug-likeness (QED) is 0.676. The molecular weight excluding hydrogens is 328 g/mol. The number of hydrogen-bond acceptors (Lipinski definition) is 4. The third-order valence-corrected chi connectivity index (χ3v) is 3.77. The van der Waals surface area contributed by atoms with Crippen LogP contribution in [0.4, 0.5) is 10.5 Å². The Balaban J connectivity index is 1.70. The molecule has 3 rings (SSSR count). The maximum atomic E-state index is 12.5. The first-order valence-corrected chi connectivity index (χ1v) is 8.27. The summed E-state index contributed by atoms with van der Waals surface area (Å²) in [7, 11) is 0. The van der Waals surface area contributed by atoms with Gasteiger partial charge in [0.15, 0.2) is 0 Å². The molecule has 0 spiro atoms. The molecule has 6 nitrogen and oxygen atoms in total. The fourth-order valence-corrected chi connectivity index (χ4v) is 2.40. The van der Waals surface area contributed by atoms with E-state index in [-0.39, 0.29) is 12.6 Å². The fourth-order valence-electron chi connectivity index (χ4n) is 2.40. The van der Waals surface area contributed by atoms with Crippen LogP contribution in [-0.2, 0) is 6.54 Å². The van der Waals surface area contributed by atoms with Crippen molar-refractivity contribution >= 4 is 11.7 Å². The Morgan fingerprint density at radius 1 is 1.19 bits per heavy atom. The molecule has 1 heterocycles. The third-order valence-electron chi connectivity index (χ3n) is 3.77. The molecule has 132 valence electrons. The van der Waals surface area contributed by atoms with Gasteiger partial charge < -0.3 is 14.7 Å². The van der Waals surface area contributed by atoms with Crippen LogP contribution in [0.2, 0.25) is 0 Å². The summed E-state index contributed by atoms with van der Waals surface area (Å²) < 4.78 is 5.29. The standard InChI is InChI=1S/C20H20N4O2/c1-3-13-24(20(25)21-17-11-9-15(2)10-12-17)14-18-22-19(23-26-18)16-7-5-4-6-8-16/h3-12H,1,13-14H2,2H3,(H,21,25). The number of urea groups is 1. The zero-order chi connectivity index (χ0) is 18.4. The van der Waals surface area contributed by atoms with Crippen LogP contribution in [-0.4, -0.2) is 27.6 Å². The summed E-state index contributed by atoms with van der Waals surface area (Å²) in [5.74, 6) is 0.864. The van der Waals surface area contributed by atoms with E-state index in [1.807, 2.05) is 61.5 Å². The summed E-state index contributed by atoms with van der Waals surface area (Å²) >= 11 is 0. The highest BCUT2D eigenvalue weighted by atomic mass is 16.5. The molecular formula is C20H20N4O2. The smallest absolute Gasteiger partial charge is 0.322 e. The summed E-state index contributed by atoms with van der Waals surface area (Å²) in [6, 6.07) is 16.9. The van der Waals surface area contributed by atoms with E-state index >= 15 is 0 Å². The van der Waals surface area contributed by atoms with Crippen LogP contribution < -0.4 is 5.32 Å². The van der Waals surface area contributed by atoms with E-state index in [0.717, 1.165) is 16.8 Å². The van der Waals surface area contributed by atoms with Crippen molar-refractivity contribution < 1.29 is 9.32 Å². The summed E-state index contributed by atoms with van der Waals surface area (Å²) in [6.45, 7) is 6.26. The Hall–Kier alpha value is -3.41. The highest BCUT2D eigenvalue weighted by molar-refractivity contribution is 5.89. The topological polar surface area (TPSA) is 71.3 Å². The van der Waals surface area contributed by atoms with Crippen LogP contribution in [0.3, 0.4) is 0 Å². The highest BCUT2D eigenvalue weighted by Gasteiger charge is 2.17. The van der Waals surface area contributed by atoms with Crippen LogP contribution in [0.25, 0.3) is 11.4 Å². The van der Waals surface area contributed by atoms with Gasteiger partial charge in [-0.3, -0.25) is 0 Å². The van der Waals surface area contributed by atoms with Gasteiger partial charge in [-0.15, -0.1) is 6.58 Å². The van der Waals surface area contributed by atoms with E-state index in [4.69, 9.17) is 4.52 Å². The van der Waals surface area contributed by atoms with Gasteiger partial charge in [-0.1, -0.05) is 59.3 Å². The van der Waals surface area contributed by atoms with Crippen molar-refractivity contribution in [2.45, 2.75) is 13.5 Å². The minimum absolute atomic E-state index is 0.198. The Morgan fingerprint density at radius 2 is 1.92 bits per heavy atom. The van der Waals surface area contributed by atoms with Gasteiger partial charge in [-0.05, 0) is 19.1 Å². The molecule has 0 atom stereocenters. The lowest BCUT2D eigenvalue weighted by molar-refractivity contribution is 0.206. The molecule has 1 aromatic heterocycles. The largest absolute Gasteiger partial charge is 0.337 e. The number of carbonyl (C=O) groups is 1. The minimum Gasteiger partial charge on any atom is -0.337 e. The van der Waals surface area contributed by atoms with Crippen molar-refractivity contribution in [2.24, 2.45) is 0 Å². The second kappa shape index (κ2) is 8.11. The van der Waals surface area contributed by atoms with E-state index in [2.05, 4.69) is 22.0 Å². The number of nitrogens with one attached hydrogen (secondary N) is 1. The maximum Gasteiger partial charge on any atom is 0.322 e. The van der Waals surface area contributed by atoms with Gasteiger partial charge in [0.2, 0.25) is 11.7 Å². The van der Waals surface area contributed by atoms with Crippen molar-refractivity contribution in [1.29, 1.82) is 0 Å². The molecule has 0 bridgehead atoms. The number of anilines is 1. The Morgan fingerprint density at radius 3 is 2.62 bits per heavy atom. The van der Waals surface area contributed by atoms with E-state index in [1.54, 1.807) is 11.0 Å². The van der Waals surface area contributed by atoms with Gasteiger partial charge in [0, 0.05) is 17.8 Å². The van der Waals surface area contributed by atoms with Gasteiger partial charge >= 0.3 is 6.03 Å². The number of nitrogens with zero attached hydrogens (tertiary/aromatic N) is 3. The first kappa shape index (κ1) is 17.4. The number of hydrogen-bond donors (Lipinski definition) is 1. The van der Waals surface area contributed by atoms with Crippen LogP contribution in [0.15, 0.2) is 71.8 Å². The normalized spacial score (nSPS) is 10.3. The van der Waals surface area contributed by atoms with Crippen LogP contribution in [0, 0.1) is 6.92 Å². The minimum atomic E-state index is -0.256. The molecule has 26 heavy (non-hydrogen) atoms. The lowest BCUT2D eigenvalue weighted by Gasteiger charge is -2.19. The average molecular weight is 348 g/mol. The molecule has 0 radical (unpaired) electrons. The summed E-state index contributed by atoms with van der Waals surface area (Å²) in [5, 5.41) is 6.84. The molecule has 0 aliphatic carbocycles. The number of carbonyl (C=O) groups excluding carboxylic acids is 1. The van der Waals surface area contributed by atoms with Crippen molar-refractivity contribution in [3.63, 3.8) is 0 Å². The van der Waals surface area contributed by atoms with Crippen LogP contribution in [0.1, 0.15) is 11.5 Å². The number of benzene rings is 2. The number of aromatic nitrogens is 2. The van der Waals surface area contributed by atoms with Crippen molar-refractivity contribution in [2.75, 3.05) is 11.9 Å². The Kier molecular flexibility index (Phi) is 5.43. The molecule has 0 aliphatic rings. The first-order chi connectivity index (χ1) is 12.7. The van der Waals surface area contributed by atoms with Gasteiger partial charge in [0.05, 0.1) is 0 Å². The predicted molar refractivity (Wildman–Crippen MR) is 101 cm³/mol. The van der Waals surface area contributed by atoms with E-state index in [9.17, 15) is 4.79 Å². The van der Waals surface area contributed by atoms with E-state index in [0.29, 0.717) is 18.3 Å². The molecule has 0 unspecified atom stereocenters. The fraction of sp³-hybridized carbons (Fsp3) is 0.150. The van der Waals surface area contributed by atoms with Crippen LogP contribution in [0.5, 0.6) is 0 Å². The SMILES string of the molecule is C=CCN(Cc1nc(-c2ccccc2)no1)C(=O)Nc1ccc(C)cc1. The second-order valence-corrected chi connectivity index (χ2v) is 5.84. The first-order valence-electron chi connectivity index (χ1n) is 8.27. The Bertz CT molecular complexity index is 872. The zero-order valence-electron chi connectivity index (χ0n) is 14.6. The van der Waals surface area contributed by atoms with E-state index in [1.165, 1.54) is 0 Å². The van der Waals surface area contributed by atoms with Gasteiger partial charge in [-0.2, -0.15) is 4.98 Å². The van der Waals surface area contributed by atoms with Crippen molar-refractivity contribution in [3.8, 4) is 11.4 Å². The molecule has 1 N–H and O–H groups in total. The zero-order valence-corrected chi connectivity index (χ0v) is 14.6. The van der Waals surface area contributed by atoms with Gasteiger partial charge in [0.25, 0.3) is 0 Å². The highest BCUT2D eigenvalue weighted by Crippen LogP contribution is 2.16. The molecule has 2 amide bonds. The number of rotatable bonds is 6. The molecule has 6 heteroatoms. The molecule has 0 saturated heterocycles. The lowest BCUT2D eigenvalue weighted by Crippen LogP contribution is -2.34. The van der Waals surface area contributed by atoms with Crippen LogP contribution >= 0.6 is 0 Å². The molecule has 0 saturated carbocycles. The lowest BCUT2D eigenvalue weighted by atomic mass is 10.2. The van der Waals surface area contributed by atoms with Gasteiger partial charge in [-0.25, -0.2) is 4.79 Å². The van der Waals surface area contributed by atoms with E-state index < -0.39 is 0 Å². The predicted octanol–water partition coefficient (Wildman–Crippen LogP) is 4.27. The maximum absolute atomic E-state index is 12.5. The molecule has 0 fully saturated rings. The monoisotopic (exact) mass is 348 g/mol. The number of amides is 2. The average Bonchev–Trinajstić information content (AvgIpc) is 3.13. The number of aryl methyl sites for hydroxylation is 1. The summed E-state index contributed by atoms with van der Waals surface area (Å²) in [4.78, 5) is 18.5. The van der Waals surface area contributed by atoms with Crippen molar-refractivity contribution in [3.05, 3.63) is 78.7 Å². The van der Waals surface area contributed by atoms with Crippen molar-refractivity contribution in [1.82, 2.24) is 15.0 Å². The molecule has 2 aromatic carbocycles.